The third-order valence-corrected chi connectivity index (χ3v) is 3.33. The Morgan fingerprint density at radius 1 is 1.59 bits per heavy atom. The van der Waals surface area contributed by atoms with Gasteiger partial charge in [0.2, 0.25) is 0 Å². The van der Waals surface area contributed by atoms with Crippen LogP contribution in [0.3, 0.4) is 0 Å². The Morgan fingerprint density at radius 2 is 2.41 bits per heavy atom. The zero-order valence-electron chi connectivity index (χ0n) is 10.6. The van der Waals surface area contributed by atoms with Crippen LogP contribution in [0.25, 0.3) is 0 Å². The molecular formula is C13H21N3O. The topological polar surface area (TPSA) is 51.4 Å². The second-order valence-electron chi connectivity index (χ2n) is 4.74. The molecule has 1 fully saturated rings. The first-order chi connectivity index (χ1) is 8.24. The Labute approximate surface area is 103 Å². The van der Waals surface area contributed by atoms with E-state index in [0.29, 0.717) is 12.5 Å². The quantitative estimate of drug-likeness (QED) is 0.855. The summed E-state index contributed by atoms with van der Waals surface area (Å²) in [5.41, 5.74) is 7.92. The summed E-state index contributed by atoms with van der Waals surface area (Å²) in [7, 11) is 1.77. The number of pyridine rings is 1. The summed E-state index contributed by atoms with van der Waals surface area (Å²) in [5, 5.41) is 0. The van der Waals surface area contributed by atoms with Crippen molar-refractivity contribution in [3.8, 4) is 0 Å². The highest BCUT2D eigenvalue weighted by Crippen LogP contribution is 2.25. The molecule has 0 spiro atoms. The fourth-order valence-electron chi connectivity index (χ4n) is 2.47. The molecule has 0 aromatic carbocycles. The fraction of sp³-hybridized carbons (Fsp3) is 0.615. The standard InChI is InChI=1S/C13H21N3O/c1-10-5-12(6-14)7-15-13(10)16-4-3-11(8-16)9-17-2/h5,7,11H,3-4,6,8-9,14H2,1-2H3. The van der Waals surface area contributed by atoms with E-state index in [4.69, 9.17) is 10.5 Å². The average Bonchev–Trinajstić information content (AvgIpc) is 2.78. The van der Waals surface area contributed by atoms with Crippen LogP contribution in [-0.2, 0) is 11.3 Å². The van der Waals surface area contributed by atoms with E-state index in [2.05, 4.69) is 22.9 Å². The van der Waals surface area contributed by atoms with Crippen LogP contribution in [0.5, 0.6) is 0 Å². The van der Waals surface area contributed by atoms with Crippen molar-refractivity contribution in [3.63, 3.8) is 0 Å². The number of anilines is 1. The zero-order valence-corrected chi connectivity index (χ0v) is 10.6. The van der Waals surface area contributed by atoms with E-state index in [0.717, 1.165) is 31.1 Å². The van der Waals surface area contributed by atoms with Gasteiger partial charge in [-0.15, -0.1) is 0 Å². The highest BCUT2D eigenvalue weighted by atomic mass is 16.5. The highest BCUT2D eigenvalue weighted by Gasteiger charge is 2.24. The van der Waals surface area contributed by atoms with E-state index in [1.54, 1.807) is 7.11 Å². The van der Waals surface area contributed by atoms with Crippen LogP contribution in [0.2, 0.25) is 0 Å². The molecule has 4 heteroatoms. The van der Waals surface area contributed by atoms with Gasteiger partial charge in [-0.3, -0.25) is 0 Å². The lowest BCUT2D eigenvalue weighted by molar-refractivity contribution is 0.161. The maximum Gasteiger partial charge on any atom is 0.131 e. The van der Waals surface area contributed by atoms with Gasteiger partial charge in [-0.05, 0) is 30.5 Å². The van der Waals surface area contributed by atoms with Gasteiger partial charge in [0.25, 0.3) is 0 Å². The van der Waals surface area contributed by atoms with Crippen molar-refractivity contribution in [1.82, 2.24) is 4.98 Å². The first kappa shape index (κ1) is 12.3. The Morgan fingerprint density at radius 3 is 3.06 bits per heavy atom. The molecule has 1 aromatic rings. The van der Waals surface area contributed by atoms with E-state index in [1.807, 2.05) is 6.20 Å². The Bertz CT molecular complexity index is 381. The lowest BCUT2D eigenvalue weighted by atomic mass is 10.1. The van der Waals surface area contributed by atoms with Gasteiger partial charge in [0.05, 0.1) is 6.61 Å². The number of aryl methyl sites for hydroxylation is 1. The smallest absolute Gasteiger partial charge is 0.131 e. The third kappa shape index (κ3) is 2.76. The number of aromatic nitrogens is 1. The molecule has 17 heavy (non-hydrogen) atoms. The molecule has 94 valence electrons. The zero-order chi connectivity index (χ0) is 12.3. The Kier molecular flexibility index (Phi) is 3.97. The van der Waals surface area contributed by atoms with Crippen molar-refractivity contribution in [2.24, 2.45) is 11.7 Å². The summed E-state index contributed by atoms with van der Waals surface area (Å²) < 4.78 is 5.21. The van der Waals surface area contributed by atoms with Gasteiger partial charge >= 0.3 is 0 Å². The molecule has 2 N–H and O–H groups in total. The van der Waals surface area contributed by atoms with Crippen molar-refractivity contribution >= 4 is 5.82 Å². The largest absolute Gasteiger partial charge is 0.384 e. The number of nitrogens with two attached hydrogens (primary N) is 1. The van der Waals surface area contributed by atoms with Gasteiger partial charge in [-0.1, -0.05) is 0 Å². The van der Waals surface area contributed by atoms with E-state index in [1.165, 1.54) is 12.0 Å². The molecular weight excluding hydrogens is 214 g/mol. The van der Waals surface area contributed by atoms with Crippen molar-refractivity contribution in [1.29, 1.82) is 0 Å². The summed E-state index contributed by atoms with van der Waals surface area (Å²) in [5.74, 6) is 1.73. The second kappa shape index (κ2) is 5.47. The van der Waals surface area contributed by atoms with Gasteiger partial charge in [0.15, 0.2) is 0 Å². The molecule has 1 aliphatic rings. The van der Waals surface area contributed by atoms with Crippen molar-refractivity contribution in [2.75, 3.05) is 31.7 Å². The number of hydrogen-bond donors (Lipinski definition) is 1. The summed E-state index contributed by atoms with van der Waals surface area (Å²) in [6, 6.07) is 2.13. The van der Waals surface area contributed by atoms with Crippen molar-refractivity contribution in [2.45, 2.75) is 19.9 Å². The molecule has 0 saturated carbocycles. The van der Waals surface area contributed by atoms with Gasteiger partial charge in [0.1, 0.15) is 5.82 Å². The normalized spacial score (nSPS) is 19.9. The first-order valence-electron chi connectivity index (χ1n) is 6.14. The fourth-order valence-corrected chi connectivity index (χ4v) is 2.47. The van der Waals surface area contributed by atoms with Crippen LogP contribution in [0.15, 0.2) is 12.3 Å². The summed E-state index contributed by atoms with van der Waals surface area (Å²) in [4.78, 5) is 6.88. The van der Waals surface area contributed by atoms with Gasteiger partial charge in [-0.25, -0.2) is 4.98 Å². The molecule has 0 aliphatic carbocycles. The van der Waals surface area contributed by atoms with Crippen LogP contribution < -0.4 is 10.6 Å². The number of ether oxygens (including phenoxy) is 1. The molecule has 0 amide bonds. The third-order valence-electron chi connectivity index (χ3n) is 3.33. The molecule has 2 heterocycles. The van der Waals surface area contributed by atoms with Gasteiger partial charge in [0, 0.05) is 38.9 Å². The SMILES string of the molecule is COCC1CCN(c2ncc(CN)cc2C)C1. The summed E-state index contributed by atoms with van der Waals surface area (Å²) >= 11 is 0. The number of nitrogens with zero attached hydrogens (tertiary/aromatic N) is 2. The number of methoxy groups -OCH3 is 1. The maximum atomic E-state index is 5.61. The molecule has 1 saturated heterocycles. The molecule has 0 radical (unpaired) electrons. The number of rotatable bonds is 4. The van der Waals surface area contributed by atoms with E-state index in [-0.39, 0.29) is 0 Å². The average molecular weight is 235 g/mol. The predicted octanol–water partition coefficient (Wildman–Crippen LogP) is 1.32. The summed E-state index contributed by atoms with van der Waals surface area (Å²) in [6.07, 6.45) is 3.07. The van der Waals surface area contributed by atoms with Crippen molar-refractivity contribution in [3.05, 3.63) is 23.4 Å². The van der Waals surface area contributed by atoms with Crippen LogP contribution in [0, 0.1) is 12.8 Å². The van der Waals surface area contributed by atoms with E-state index in [9.17, 15) is 0 Å². The number of hydrogen-bond acceptors (Lipinski definition) is 4. The molecule has 4 nitrogen and oxygen atoms in total. The van der Waals surface area contributed by atoms with E-state index < -0.39 is 0 Å². The molecule has 1 unspecified atom stereocenters. The molecule has 1 atom stereocenters. The maximum absolute atomic E-state index is 5.61. The minimum Gasteiger partial charge on any atom is -0.384 e. The molecule has 0 bridgehead atoms. The highest BCUT2D eigenvalue weighted by molar-refractivity contribution is 5.48. The van der Waals surface area contributed by atoms with Gasteiger partial charge in [-0.2, -0.15) is 0 Å². The molecule has 2 rings (SSSR count). The lowest BCUT2D eigenvalue weighted by Crippen LogP contribution is -2.23. The van der Waals surface area contributed by atoms with Gasteiger partial charge < -0.3 is 15.4 Å². The van der Waals surface area contributed by atoms with E-state index >= 15 is 0 Å². The molecule has 1 aliphatic heterocycles. The predicted molar refractivity (Wildman–Crippen MR) is 69.1 cm³/mol. The van der Waals surface area contributed by atoms with Crippen LogP contribution in [-0.4, -0.2) is 31.8 Å². The minimum atomic E-state index is 0.556. The second-order valence-corrected chi connectivity index (χ2v) is 4.74. The van der Waals surface area contributed by atoms with Crippen molar-refractivity contribution < 1.29 is 4.74 Å². The monoisotopic (exact) mass is 235 g/mol. The van der Waals surface area contributed by atoms with Crippen LogP contribution >= 0.6 is 0 Å². The minimum absolute atomic E-state index is 0.556. The first-order valence-corrected chi connectivity index (χ1v) is 6.14. The molecule has 1 aromatic heterocycles. The van der Waals surface area contributed by atoms with Crippen LogP contribution in [0.4, 0.5) is 5.82 Å². The summed E-state index contributed by atoms with van der Waals surface area (Å²) in [6.45, 7) is 5.62. The lowest BCUT2D eigenvalue weighted by Gasteiger charge is -2.20. The van der Waals surface area contributed by atoms with Crippen LogP contribution in [0.1, 0.15) is 17.5 Å². The Hall–Kier alpha value is -1.13. The Balaban J connectivity index is 2.08.